The van der Waals surface area contributed by atoms with Crippen molar-refractivity contribution in [2.75, 3.05) is 31.5 Å². The highest BCUT2D eigenvalue weighted by Gasteiger charge is 2.28. The molecule has 1 aliphatic rings. The lowest BCUT2D eigenvalue weighted by Gasteiger charge is -2.23. The van der Waals surface area contributed by atoms with E-state index < -0.39 is 18.1 Å². The van der Waals surface area contributed by atoms with Gasteiger partial charge in [-0.3, -0.25) is 9.48 Å². The number of aromatic nitrogens is 4. The fourth-order valence-electron chi connectivity index (χ4n) is 3.75. The molecule has 0 saturated heterocycles. The largest absolute Gasteiger partial charge is 0.495 e. The Balaban J connectivity index is 1.46. The number of allylic oxidation sites excluding steroid dienone is 1. The molecule has 1 fully saturated rings. The van der Waals surface area contributed by atoms with E-state index in [1.807, 2.05) is 0 Å². The molecule has 1 aliphatic carbocycles. The average molecular weight is 514 g/mol. The summed E-state index contributed by atoms with van der Waals surface area (Å²) in [5, 5.41) is 14.8. The number of anilines is 2. The number of aliphatic hydroxyl groups is 1. The van der Waals surface area contributed by atoms with Crippen LogP contribution < -0.4 is 22.1 Å². The Morgan fingerprint density at radius 1 is 1.35 bits per heavy atom. The predicted molar refractivity (Wildman–Crippen MR) is 138 cm³/mol. The second-order valence-electron chi connectivity index (χ2n) is 8.97. The molecule has 3 aromatic heterocycles. The minimum absolute atomic E-state index is 0.102. The summed E-state index contributed by atoms with van der Waals surface area (Å²) in [6.07, 6.45) is 8.74. The van der Waals surface area contributed by atoms with Crippen LogP contribution >= 0.6 is 0 Å². The molecule has 2 unspecified atom stereocenters. The van der Waals surface area contributed by atoms with Crippen LogP contribution in [0, 0.1) is 11.7 Å². The van der Waals surface area contributed by atoms with Crippen molar-refractivity contribution < 1.29 is 19.0 Å². The van der Waals surface area contributed by atoms with E-state index in [1.54, 1.807) is 50.3 Å². The topological polar surface area (TPSA) is 141 Å². The monoisotopic (exact) mass is 513 g/mol. The molecule has 0 amide bonds. The SMILES string of the molecule is COCCO/C(=C/c1c(N)ccn(C(C)C(O)NNc2ncc(-c3cnn(C)c3)cc2F)c1=O)C1CC1. The van der Waals surface area contributed by atoms with Crippen LogP contribution in [0.1, 0.15) is 31.4 Å². The number of aliphatic hydroxyl groups excluding tert-OH is 1. The number of nitrogens with zero attached hydrogens (tertiary/aromatic N) is 4. The number of nitrogens with two attached hydrogens (primary N) is 1. The van der Waals surface area contributed by atoms with Crippen LogP contribution in [0.5, 0.6) is 0 Å². The number of rotatable bonds is 12. The van der Waals surface area contributed by atoms with Gasteiger partial charge in [0.25, 0.3) is 5.56 Å². The van der Waals surface area contributed by atoms with Crippen molar-refractivity contribution in [2.24, 2.45) is 13.0 Å². The average Bonchev–Trinajstić information content (AvgIpc) is 3.63. The van der Waals surface area contributed by atoms with Gasteiger partial charge in [-0.15, -0.1) is 0 Å². The molecule has 5 N–H and O–H groups in total. The second kappa shape index (κ2) is 11.5. The molecule has 3 aromatic rings. The van der Waals surface area contributed by atoms with Crippen molar-refractivity contribution in [3.8, 4) is 11.1 Å². The number of hydrogen-bond acceptors (Lipinski definition) is 9. The van der Waals surface area contributed by atoms with Crippen molar-refractivity contribution >= 4 is 17.6 Å². The molecule has 12 heteroatoms. The molecular weight excluding hydrogens is 481 g/mol. The van der Waals surface area contributed by atoms with Crippen LogP contribution in [0.3, 0.4) is 0 Å². The normalized spacial score (nSPS) is 15.4. The predicted octanol–water partition coefficient (Wildman–Crippen LogP) is 2.28. The summed E-state index contributed by atoms with van der Waals surface area (Å²) in [6.45, 7) is 2.46. The minimum atomic E-state index is -1.27. The quantitative estimate of drug-likeness (QED) is 0.124. The Morgan fingerprint density at radius 2 is 2.14 bits per heavy atom. The zero-order valence-corrected chi connectivity index (χ0v) is 21.0. The van der Waals surface area contributed by atoms with E-state index in [2.05, 4.69) is 20.9 Å². The number of methoxy groups -OCH3 is 1. The van der Waals surface area contributed by atoms with Crippen LogP contribution in [0.25, 0.3) is 17.2 Å². The summed E-state index contributed by atoms with van der Waals surface area (Å²) >= 11 is 0. The third kappa shape index (κ3) is 6.34. The first-order valence-electron chi connectivity index (χ1n) is 12.0. The summed E-state index contributed by atoms with van der Waals surface area (Å²) in [5.41, 5.74) is 12.8. The minimum Gasteiger partial charge on any atom is -0.495 e. The Kier molecular flexibility index (Phi) is 8.21. The van der Waals surface area contributed by atoms with Crippen molar-refractivity contribution in [3.05, 3.63) is 64.4 Å². The molecule has 0 radical (unpaired) electrons. The maximum atomic E-state index is 14.6. The van der Waals surface area contributed by atoms with Crippen LogP contribution in [0.4, 0.5) is 15.9 Å². The maximum Gasteiger partial charge on any atom is 0.260 e. The van der Waals surface area contributed by atoms with Gasteiger partial charge in [0.1, 0.15) is 18.6 Å². The lowest BCUT2D eigenvalue weighted by molar-refractivity contribution is 0.0929. The van der Waals surface area contributed by atoms with Gasteiger partial charge in [0, 0.05) is 55.5 Å². The van der Waals surface area contributed by atoms with Gasteiger partial charge in [-0.2, -0.15) is 5.10 Å². The molecule has 1 saturated carbocycles. The third-order valence-corrected chi connectivity index (χ3v) is 6.13. The van der Waals surface area contributed by atoms with Gasteiger partial charge in [-0.1, -0.05) is 0 Å². The van der Waals surface area contributed by atoms with Gasteiger partial charge in [-0.25, -0.2) is 14.8 Å². The van der Waals surface area contributed by atoms with Gasteiger partial charge in [0.05, 0.1) is 24.4 Å². The lowest BCUT2D eigenvalue weighted by Crippen LogP contribution is -2.43. The van der Waals surface area contributed by atoms with E-state index >= 15 is 0 Å². The zero-order valence-electron chi connectivity index (χ0n) is 21.0. The van der Waals surface area contributed by atoms with Gasteiger partial charge in [-0.05, 0) is 38.0 Å². The first-order chi connectivity index (χ1) is 17.8. The van der Waals surface area contributed by atoms with E-state index in [4.69, 9.17) is 15.2 Å². The van der Waals surface area contributed by atoms with Crippen LogP contribution in [0.15, 0.2) is 47.5 Å². The second-order valence-corrected chi connectivity index (χ2v) is 8.97. The summed E-state index contributed by atoms with van der Waals surface area (Å²) < 4.78 is 28.4. The van der Waals surface area contributed by atoms with Crippen LogP contribution in [0.2, 0.25) is 0 Å². The number of pyridine rings is 2. The highest BCUT2D eigenvalue weighted by atomic mass is 19.1. The van der Waals surface area contributed by atoms with E-state index in [-0.39, 0.29) is 22.9 Å². The molecule has 3 heterocycles. The van der Waals surface area contributed by atoms with E-state index in [9.17, 15) is 14.3 Å². The van der Waals surface area contributed by atoms with Crippen LogP contribution in [-0.4, -0.2) is 51.0 Å². The van der Waals surface area contributed by atoms with Gasteiger partial charge in [0.15, 0.2) is 11.6 Å². The molecule has 198 valence electrons. The van der Waals surface area contributed by atoms with Crippen molar-refractivity contribution in [1.29, 1.82) is 0 Å². The van der Waals surface area contributed by atoms with Gasteiger partial charge in [0.2, 0.25) is 0 Å². The van der Waals surface area contributed by atoms with Crippen molar-refractivity contribution in [3.63, 3.8) is 0 Å². The number of nitrogens with one attached hydrogen (secondary N) is 2. The number of ether oxygens (including phenoxy) is 2. The number of hydrogen-bond donors (Lipinski definition) is 4. The number of nitrogen functional groups attached to an aromatic ring is 1. The highest BCUT2D eigenvalue weighted by molar-refractivity contribution is 5.65. The third-order valence-electron chi connectivity index (χ3n) is 6.13. The summed E-state index contributed by atoms with van der Waals surface area (Å²) in [7, 11) is 3.36. The fourth-order valence-corrected chi connectivity index (χ4v) is 3.75. The Morgan fingerprint density at radius 3 is 2.78 bits per heavy atom. The highest BCUT2D eigenvalue weighted by Crippen LogP contribution is 2.38. The molecular formula is C25H32FN7O4. The van der Waals surface area contributed by atoms with E-state index in [0.717, 1.165) is 18.4 Å². The Labute approximate surface area is 213 Å². The molecule has 0 spiro atoms. The molecule has 2 atom stereocenters. The molecule has 4 rings (SSSR count). The first-order valence-corrected chi connectivity index (χ1v) is 12.0. The molecule has 37 heavy (non-hydrogen) atoms. The summed E-state index contributed by atoms with van der Waals surface area (Å²) in [4.78, 5) is 17.4. The smallest absolute Gasteiger partial charge is 0.260 e. The van der Waals surface area contributed by atoms with Crippen LogP contribution in [-0.2, 0) is 16.5 Å². The number of aryl methyl sites for hydroxylation is 1. The summed E-state index contributed by atoms with van der Waals surface area (Å²) in [6, 6.07) is 2.19. The van der Waals surface area contributed by atoms with E-state index in [0.29, 0.717) is 30.2 Å². The van der Waals surface area contributed by atoms with Crippen molar-refractivity contribution in [1.82, 2.24) is 24.8 Å². The molecule has 0 aromatic carbocycles. The molecule has 0 bridgehead atoms. The maximum absolute atomic E-state index is 14.6. The van der Waals surface area contributed by atoms with E-state index in [1.165, 1.54) is 23.0 Å². The van der Waals surface area contributed by atoms with Gasteiger partial charge < -0.3 is 30.3 Å². The van der Waals surface area contributed by atoms with Gasteiger partial charge >= 0.3 is 0 Å². The lowest BCUT2D eigenvalue weighted by atomic mass is 10.1. The fraction of sp³-hybridized carbons (Fsp3) is 0.400. The summed E-state index contributed by atoms with van der Waals surface area (Å²) in [5.74, 6) is 0.231. The number of hydrazine groups is 1. The molecule has 11 nitrogen and oxygen atoms in total. The number of halogens is 1. The Bertz CT molecular complexity index is 1320. The zero-order chi connectivity index (χ0) is 26.5. The molecule has 0 aliphatic heterocycles. The van der Waals surface area contributed by atoms with Crippen molar-refractivity contribution in [2.45, 2.75) is 32.0 Å². The Hall–Kier alpha value is -3.74. The first kappa shape index (κ1) is 26.3. The standard InChI is InChI=1S/C25H32FN7O4/c1-15(24(34)31-30-23-20(26)10-17(12-28-23)18-13-29-32(2)14-18)33-7-6-21(27)19(25(33)35)11-22(16-4-5-16)37-9-8-36-3/h6-7,10-16,24,31,34H,4-5,8-9,27H2,1-3H3,(H,28,30)/b22-11+.